The van der Waals surface area contributed by atoms with Crippen LogP contribution in [0.2, 0.25) is 0 Å². The summed E-state index contributed by atoms with van der Waals surface area (Å²) in [5.41, 5.74) is 7.66. The average molecular weight is 222 g/mol. The van der Waals surface area contributed by atoms with Gasteiger partial charge in [0.15, 0.2) is 0 Å². The fraction of sp³-hybridized carbons (Fsp3) is 0.538. The second-order valence-corrected chi connectivity index (χ2v) is 5.16. The van der Waals surface area contributed by atoms with Gasteiger partial charge in [0.05, 0.1) is 11.4 Å². The third-order valence-electron chi connectivity index (χ3n) is 2.75. The van der Waals surface area contributed by atoms with Crippen molar-refractivity contribution in [3.8, 4) is 0 Å². The molecule has 0 saturated heterocycles. The Balaban J connectivity index is 2.80. The summed E-state index contributed by atoms with van der Waals surface area (Å²) in [5.74, 6) is 0. The number of nitrogens with two attached hydrogens (primary N) is 1. The first-order chi connectivity index (χ1) is 7.45. The van der Waals surface area contributed by atoms with Gasteiger partial charge in [-0.25, -0.2) is 0 Å². The minimum absolute atomic E-state index is 0.0883. The molecular weight excluding hydrogens is 200 g/mol. The number of aliphatic hydroxyl groups is 1. The van der Waals surface area contributed by atoms with Crippen LogP contribution >= 0.6 is 0 Å². The van der Waals surface area contributed by atoms with Gasteiger partial charge < -0.3 is 16.2 Å². The molecule has 1 atom stereocenters. The zero-order valence-corrected chi connectivity index (χ0v) is 10.3. The van der Waals surface area contributed by atoms with Crippen molar-refractivity contribution >= 4 is 11.4 Å². The smallest absolute Gasteiger partial charge is 0.0576 e. The number of hydrogen-bond donors (Lipinski definition) is 3. The molecular formula is C13H22N2O. The summed E-state index contributed by atoms with van der Waals surface area (Å²) in [6.45, 7) is 6.64. The molecule has 4 N–H and O–H groups in total. The molecule has 1 aromatic rings. The number of hydrogen-bond acceptors (Lipinski definition) is 3. The van der Waals surface area contributed by atoms with Crippen molar-refractivity contribution in [1.82, 2.24) is 0 Å². The average Bonchev–Trinajstić information content (AvgIpc) is 2.19. The summed E-state index contributed by atoms with van der Waals surface area (Å²) in [6, 6.07) is 7.92. The Morgan fingerprint density at radius 2 is 1.94 bits per heavy atom. The number of aliphatic hydroxyl groups excluding tert-OH is 1. The van der Waals surface area contributed by atoms with Crippen molar-refractivity contribution in [2.24, 2.45) is 5.41 Å². The zero-order valence-electron chi connectivity index (χ0n) is 10.3. The van der Waals surface area contributed by atoms with Crippen LogP contribution in [0.1, 0.15) is 27.2 Å². The van der Waals surface area contributed by atoms with E-state index >= 15 is 0 Å². The highest BCUT2D eigenvalue weighted by Crippen LogP contribution is 2.27. The molecule has 0 fully saturated rings. The molecule has 0 aliphatic rings. The Morgan fingerprint density at radius 3 is 2.44 bits per heavy atom. The van der Waals surface area contributed by atoms with Gasteiger partial charge in [-0.2, -0.15) is 0 Å². The van der Waals surface area contributed by atoms with Crippen molar-refractivity contribution in [3.63, 3.8) is 0 Å². The van der Waals surface area contributed by atoms with Crippen molar-refractivity contribution in [3.05, 3.63) is 24.3 Å². The van der Waals surface area contributed by atoms with Crippen LogP contribution in [0, 0.1) is 5.41 Å². The van der Waals surface area contributed by atoms with E-state index < -0.39 is 0 Å². The highest BCUT2D eigenvalue weighted by atomic mass is 16.3. The number of nitrogens with one attached hydrogen (secondary N) is 1. The van der Waals surface area contributed by atoms with Crippen molar-refractivity contribution in [2.75, 3.05) is 17.7 Å². The third kappa shape index (κ3) is 3.42. The quantitative estimate of drug-likeness (QED) is 0.686. The molecule has 0 radical (unpaired) electrons. The molecule has 3 heteroatoms. The number of anilines is 2. The van der Waals surface area contributed by atoms with Gasteiger partial charge in [0.1, 0.15) is 0 Å². The first kappa shape index (κ1) is 12.8. The van der Waals surface area contributed by atoms with E-state index in [9.17, 15) is 0 Å². The molecule has 0 aliphatic carbocycles. The van der Waals surface area contributed by atoms with E-state index in [-0.39, 0.29) is 18.1 Å². The maximum atomic E-state index is 9.08. The van der Waals surface area contributed by atoms with Crippen LogP contribution in [0.15, 0.2) is 24.3 Å². The van der Waals surface area contributed by atoms with Crippen molar-refractivity contribution < 1.29 is 5.11 Å². The van der Waals surface area contributed by atoms with E-state index in [0.29, 0.717) is 0 Å². The summed E-state index contributed by atoms with van der Waals surface area (Å²) in [7, 11) is 0. The lowest BCUT2D eigenvalue weighted by Crippen LogP contribution is -2.35. The SMILES string of the molecule is CC(C)(C)C(CCO)Nc1ccccc1N. The molecule has 1 unspecified atom stereocenters. The molecule has 0 bridgehead atoms. The normalized spacial score (nSPS) is 13.5. The van der Waals surface area contributed by atoms with Gasteiger partial charge in [-0.3, -0.25) is 0 Å². The van der Waals surface area contributed by atoms with Gasteiger partial charge in [-0.05, 0) is 24.0 Å². The van der Waals surface area contributed by atoms with Crippen LogP contribution in [0.3, 0.4) is 0 Å². The molecule has 0 amide bonds. The molecule has 1 rings (SSSR count). The highest BCUT2D eigenvalue weighted by Gasteiger charge is 2.24. The minimum Gasteiger partial charge on any atom is -0.397 e. The first-order valence-corrected chi connectivity index (χ1v) is 5.67. The Labute approximate surface area is 97.7 Å². The Bertz CT molecular complexity index is 331. The molecule has 3 nitrogen and oxygen atoms in total. The van der Waals surface area contributed by atoms with Gasteiger partial charge >= 0.3 is 0 Å². The fourth-order valence-corrected chi connectivity index (χ4v) is 1.67. The molecule has 16 heavy (non-hydrogen) atoms. The van der Waals surface area contributed by atoms with Crippen LogP contribution in [-0.2, 0) is 0 Å². The molecule has 0 saturated carbocycles. The monoisotopic (exact) mass is 222 g/mol. The summed E-state index contributed by atoms with van der Waals surface area (Å²) >= 11 is 0. The zero-order chi connectivity index (χ0) is 12.2. The summed E-state index contributed by atoms with van der Waals surface area (Å²) in [6.07, 6.45) is 0.720. The van der Waals surface area contributed by atoms with E-state index in [0.717, 1.165) is 17.8 Å². The van der Waals surface area contributed by atoms with Crippen LogP contribution in [0.25, 0.3) is 0 Å². The highest BCUT2D eigenvalue weighted by molar-refractivity contribution is 5.66. The van der Waals surface area contributed by atoms with Crippen molar-refractivity contribution in [2.45, 2.75) is 33.2 Å². The predicted molar refractivity (Wildman–Crippen MR) is 69.4 cm³/mol. The number of para-hydroxylation sites is 2. The Hall–Kier alpha value is -1.22. The van der Waals surface area contributed by atoms with E-state index in [2.05, 4.69) is 26.1 Å². The molecule has 0 aromatic heterocycles. The lowest BCUT2D eigenvalue weighted by Gasteiger charge is -2.32. The molecule has 0 spiro atoms. The molecule has 0 heterocycles. The largest absolute Gasteiger partial charge is 0.397 e. The maximum absolute atomic E-state index is 9.08. The third-order valence-corrected chi connectivity index (χ3v) is 2.75. The van der Waals surface area contributed by atoms with Crippen LogP contribution < -0.4 is 11.1 Å². The first-order valence-electron chi connectivity index (χ1n) is 5.67. The topological polar surface area (TPSA) is 58.3 Å². The molecule has 90 valence electrons. The number of nitrogen functional groups attached to an aromatic ring is 1. The second kappa shape index (κ2) is 5.21. The minimum atomic E-state index is 0.0883. The van der Waals surface area contributed by atoms with E-state index in [1.165, 1.54) is 0 Å². The standard InChI is InChI=1S/C13H22N2O/c1-13(2,3)12(8-9-16)15-11-7-5-4-6-10(11)14/h4-7,12,15-16H,8-9,14H2,1-3H3. The Kier molecular flexibility index (Phi) is 4.19. The van der Waals surface area contributed by atoms with Crippen molar-refractivity contribution in [1.29, 1.82) is 0 Å². The number of benzene rings is 1. The lowest BCUT2D eigenvalue weighted by atomic mass is 9.84. The van der Waals surface area contributed by atoms with Gasteiger partial charge in [-0.1, -0.05) is 32.9 Å². The number of rotatable bonds is 4. The van der Waals surface area contributed by atoms with Gasteiger partial charge in [0, 0.05) is 12.6 Å². The summed E-state index contributed by atoms with van der Waals surface area (Å²) in [5, 5.41) is 12.5. The van der Waals surface area contributed by atoms with Gasteiger partial charge in [-0.15, -0.1) is 0 Å². The van der Waals surface area contributed by atoms with E-state index in [1.807, 2.05) is 24.3 Å². The summed E-state index contributed by atoms with van der Waals surface area (Å²) in [4.78, 5) is 0. The van der Waals surface area contributed by atoms with Crippen LogP contribution in [0.5, 0.6) is 0 Å². The molecule has 1 aromatic carbocycles. The summed E-state index contributed by atoms with van der Waals surface area (Å²) < 4.78 is 0. The van der Waals surface area contributed by atoms with Crippen LogP contribution in [0.4, 0.5) is 11.4 Å². The Morgan fingerprint density at radius 1 is 1.31 bits per heavy atom. The van der Waals surface area contributed by atoms with Crippen LogP contribution in [-0.4, -0.2) is 17.8 Å². The van der Waals surface area contributed by atoms with E-state index in [4.69, 9.17) is 10.8 Å². The predicted octanol–water partition coefficient (Wildman–Crippen LogP) is 2.48. The molecule has 0 aliphatic heterocycles. The van der Waals surface area contributed by atoms with E-state index in [1.54, 1.807) is 0 Å². The van der Waals surface area contributed by atoms with Gasteiger partial charge in [0.2, 0.25) is 0 Å². The second-order valence-electron chi connectivity index (χ2n) is 5.16. The fourth-order valence-electron chi connectivity index (χ4n) is 1.67. The maximum Gasteiger partial charge on any atom is 0.0576 e. The lowest BCUT2D eigenvalue weighted by molar-refractivity contribution is 0.235. The van der Waals surface area contributed by atoms with Gasteiger partial charge in [0.25, 0.3) is 0 Å².